The summed E-state index contributed by atoms with van der Waals surface area (Å²) in [4.78, 5) is 13.4. The molecule has 1 heterocycles. The molecule has 0 spiro atoms. The van der Waals surface area contributed by atoms with Crippen molar-refractivity contribution < 1.29 is 9.53 Å². The largest absolute Gasteiger partial charge is 0.456 e. The number of rotatable bonds is 5. The van der Waals surface area contributed by atoms with Crippen molar-refractivity contribution in [3.8, 4) is 5.69 Å². The zero-order valence-corrected chi connectivity index (χ0v) is 14.3. The van der Waals surface area contributed by atoms with Crippen LogP contribution in [-0.2, 0) is 11.3 Å². The molecule has 1 aromatic heterocycles. The number of ether oxygens (including phenoxy) is 1. The fourth-order valence-electron chi connectivity index (χ4n) is 2.30. The maximum atomic E-state index is 12.3. The molecule has 0 aliphatic rings. The molecule has 5 nitrogen and oxygen atoms in total. The van der Waals surface area contributed by atoms with Crippen LogP contribution in [0.25, 0.3) is 5.69 Å². The SMILES string of the molecule is CSc1cccc(-n2nnc(C(=O)OCc3ccccc3)c2C)c1. The van der Waals surface area contributed by atoms with Crippen molar-refractivity contribution in [3.05, 3.63) is 71.5 Å². The molecule has 0 aliphatic heterocycles. The molecule has 122 valence electrons. The fourth-order valence-corrected chi connectivity index (χ4v) is 2.75. The molecule has 0 amide bonds. The lowest BCUT2D eigenvalue weighted by Gasteiger charge is -2.06. The number of nitrogens with zero attached hydrogens (tertiary/aromatic N) is 3. The van der Waals surface area contributed by atoms with Crippen LogP contribution in [0.4, 0.5) is 0 Å². The quantitative estimate of drug-likeness (QED) is 0.524. The third-order valence-corrected chi connectivity index (χ3v) is 4.32. The summed E-state index contributed by atoms with van der Waals surface area (Å²) in [7, 11) is 0. The molecule has 6 heteroatoms. The van der Waals surface area contributed by atoms with E-state index in [0.717, 1.165) is 16.1 Å². The summed E-state index contributed by atoms with van der Waals surface area (Å²) >= 11 is 1.65. The first-order valence-corrected chi connectivity index (χ1v) is 8.69. The smallest absolute Gasteiger partial charge is 0.361 e. The van der Waals surface area contributed by atoms with Gasteiger partial charge in [0.25, 0.3) is 0 Å². The van der Waals surface area contributed by atoms with E-state index in [2.05, 4.69) is 10.3 Å². The molecule has 3 aromatic rings. The van der Waals surface area contributed by atoms with Gasteiger partial charge in [-0.3, -0.25) is 0 Å². The number of hydrogen-bond donors (Lipinski definition) is 0. The molecular weight excluding hydrogens is 322 g/mol. The zero-order valence-electron chi connectivity index (χ0n) is 13.5. The number of aromatic nitrogens is 3. The van der Waals surface area contributed by atoms with Crippen LogP contribution in [0.3, 0.4) is 0 Å². The first-order valence-electron chi connectivity index (χ1n) is 7.47. The van der Waals surface area contributed by atoms with Crippen molar-refractivity contribution in [1.82, 2.24) is 15.0 Å². The van der Waals surface area contributed by atoms with Crippen LogP contribution >= 0.6 is 11.8 Å². The van der Waals surface area contributed by atoms with Gasteiger partial charge in [-0.05, 0) is 36.9 Å². The predicted molar refractivity (Wildman–Crippen MR) is 93.4 cm³/mol. The molecule has 3 rings (SSSR count). The van der Waals surface area contributed by atoms with E-state index >= 15 is 0 Å². The summed E-state index contributed by atoms with van der Waals surface area (Å²) in [6.45, 7) is 2.03. The Labute approximate surface area is 144 Å². The van der Waals surface area contributed by atoms with Crippen LogP contribution in [0.15, 0.2) is 59.5 Å². The van der Waals surface area contributed by atoms with Gasteiger partial charge in [0.05, 0.1) is 11.4 Å². The van der Waals surface area contributed by atoms with Gasteiger partial charge in [-0.25, -0.2) is 9.48 Å². The number of esters is 1. The topological polar surface area (TPSA) is 57.0 Å². The van der Waals surface area contributed by atoms with Crippen LogP contribution in [0.2, 0.25) is 0 Å². The predicted octanol–water partition coefficient (Wildman–Crippen LogP) is 3.65. The fraction of sp³-hybridized carbons (Fsp3) is 0.167. The molecular formula is C18H17N3O2S. The van der Waals surface area contributed by atoms with Crippen molar-refractivity contribution in [2.75, 3.05) is 6.26 Å². The Hall–Kier alpha value is -2.60. The molecule has 0 saturated carbocycles. The monoisotopic (exact) mass is 339 g/mol. The van der Waals surface area contributed by atoms with Crippen molar-refractivity contribution >= 4 is 17.7 Å². The molecule has 0 bridgehead atoms. The van der Waals surface area contributed by atoms with Gasteiger partial charge < -0.3 is 4.74 Å². The maximum absolute atomic E-state index is 12.3. The van der Waals surface area contributed by atoms with Crippen LogP contribution in [-0.4, -0.2) is 27.2 Å². The minimum Gasteiger partial charge on any atom is -0.456 e. The highest BCUT2D eigenvalue weighted by Gasteiger charge is 2.19. The van der Waals surface area contributed by atoms with E-state index in [1.165, 1.54) is 0 Å². The van der Waals surface area contributed by atoms with Crippen LogP contribution < -0.4 is 0 Å². The van der Waals surface area contributed by atoms with Gasteiger partial charge in [-0.2, -0.15) is 0 Å². The molecule has 0 unspecified atom stereocenters. The highest BCUT2D eigenvalue weighted by molar-refractivity contribution is 7.98. The van der Waals surface area contributed by atoms with Crippen molar-refractivity contribution in [2.24, 2.45) is 0 Å². The molecule has 0 saturated heterocycles. The third-order valence-electron chi connectivity index (χ3n) is 3.60. The van der Waals surface area contributed by atoms with E-state index in [1.807, 2.05) is 67.8 Å². The van der Waals surface area contributed by atoms with Gasteiger partial charge in [-0.15, -0.1) is 16.9 Å². The lowest BCUT2D eigenvalue weighted by molar-refractivity contribution is 0.0464. The first kappa shape index (κ1) is 16.3. The molecule has 0 atom stereocenters. The van der Waals surface area contributed by atoms with Crippen molar-refractivity contribution in [2.45, 2.75) is 18.4 Å². The Morgan fingerprint density at radius 2 is 1.96 bits per heavy atom. The molecule has 2 aromatic carbocycles. The van der Waals surface area contributed by atoms with Crippen LogP contribution in [0, 0.1) is 6.92 Å². The molecule has 0 aliphatic carbocycles. The van der Waals surface area contributed by atoms with Gasteiger partial charge in [-0.1, -0.05) is 41.6 Å². The second kappa shape index (κ2) is 7.31. The Kier molecular flexibility index (Phi) is 4.96. The molecule has 0 fully saturated rings. The van der Waals surface area contributed by atoms with Gasteiger partial charge in [0.2, 0.25) is 0 Å². The lowest BCUT2D eigenvalue weighted by Crippen LogP contribution is -2.08. The van der Waals surface area contributed by atoms with E-state index in [9.17, 15) is 4.79 Å². The Morgan fingerprint density at radius 3 is 2.71 bits per heavy atom. The molecule has 24 heavy (non-hydrogen) atoms. The normalized spacial score (nSPS) is 10.6. The van der Waals surface area contributed by atoms with E-state index < -0.39 is 5.97 Å². The van der Waals surface area contributed by atoms with Crippen LogP contribution in [0.5, 0.6) is 0 Å². The number of thioether (sulfide) groups is 1. The van der Waals surface area contributed by atoms with Crippen molar-refractivity contribution in [1.29, 1.82) is 0 Å². The second-order valence-corrected chi connectivity index (χ2v) is 6.08. The molecule has 0 N–H and O–H groups in total. The lowest BCUT2D eigenvalue weighted by atomic mass is 10.2. The Balaban J connectivity index is 1.77. The summed E-state index contributed by atoms with van der Waals surface area (Å²) < 4.78 is 6.98. The average Bonchev–Trinajstić information content (AvgIpc) is 3.02. The third kappa shape index (κ3) is 3.49. The minimum absolute atomic E-state index is 0.216. The van der Waals surface area contributed by atoms with Gasteiger partial charge in [0.15, 0.2) is 5.69 Å². The minimum atomic E-state index is -0.469. The average molecular weight is 339 g/mol. The van der Waals surface area contributed by atoms with Gasteiger partial charge >= 0.3 is 5.97 Å². The number of benzene rings is 2. The number of hydrogen-bond acceptors (Lipinski definition) is 5. The van der Waals surface area contributed by atoms with E-state index in [1.54, 1.807) is 16.4 Å². The van der Waals surface area contributed by atoms with Gasteiger partial charge in [0.1, 0.15) is 6.61 Å². The van der Waals surface area contributed by atoms with E-state index in [4.69, 9.17) is 4.74 Å². The highest BCUT2D eigenvalue weighted by Crippen LogP contribution is 2.20. The number of carbonyl (C=O) groups excluding carboxylic acids is 1. The van der Waals surface area contributed by atoms with E-state index in [-0.39, 0.29) is 12.3 Å². The summed E-state index contributed by atoms with van der Waals surface area (Å²) in [6.07, 6.45) is 2.01. The zero-order chi connectivity index (χ0) is 16.9. The summed E-state index contributed by atoms with van der Waals surface area (Å²) in [5.41, 5.74) is 2.70. The summed E-state index contributed by atoms with van der Waals surface area (Å²) in [6, 6.07) is 17.5. The van der Waals surface area contributed by atoms with Crippen molar-refractivity contribution in [3.63, 3.8) is 0 Å². The Bertz CT molecular complexity index is 846. The second-order valence-electron chi connectivity index (χ2n) is 5.20. The summed E-state index contributed by atoms with van der Waals surface area (Å²) in [5, 5.41) is 8.09. The maximum Gasteiger partial charge on any atom is 0.361 e. The van der Waals surface area contributed by atoms with Gasteiger partial charge in [0, 0.05) is 4.90 Å². The molecule has 0 radical (unpaired) electrons. The standard InChI is InChI=1S/C18H17N3O2S/c1-13-17(18(22)23-12-14-7-4-3-5-8-14)19-20-21(13)15-9-6-10-16(11-15)24-2/h3-11H,12H2,1-2H3. The summed E-state index contributed by atoms with van der Waals surface area (Å²) in [5.74, 6) is -0.469. The number of carbonyl (C=O) groups is 1. The first-order chi connectivity index (χ1) is 11.7. The van der Waals surface area contributed by atoms with Crippen LogP contribution in [0.1, 0.15) is 21.7 Å². The Morgan fingerprint density at radius 1 is 1.17 bits per heavy atom. The van der Waals surface area contributed by atoms with E-state index in [0.29, 0.717) is 5.69 Å². The highest BCUT2D eigenvalue weighted by atomic mass is 32.2.